The molecule has 2 aliphatic heterocycles. The van der Waals surface area contributed by atoms with Gasteiger partial charge in [-0.05, 0) is 74.8 Å². The maximum Gasteiger partial charge on any atom is 0.243 e. The number of likely N-dealkylation sites (tertiary alicyclic amines) is 1. The smallest absolute Gasteiger partial charge is 0.243 e. The first-order valence-electron chi connectivity index (χ1n) is 11.7. The van der Waals surface area contributed by atoms with E-state index < -0.39 is 0 Å². The minimum atomic E-state index is 0.183. The fourth-order valence-corrected chi connectivity index (χ4v) is 5.24. The van der Waals surface area contributed by atoms with E-state index in [1.807, 2.05) is 0 Å². The Morgan fingerprint density at radius 3 is 2.17 bits per heavy atom. The topological polar surface area (TPSA) is 45.1 Å². The Balaban J connectivity index is 1.17. The van der Waals surface area contributed by atoms with Gasteiger partial charge in [0.05, 0.1) is 11.8 Å². The molecule has 3 fully saturated rings. The lowest BCUT2D eigenvalue weighted by atomic mass is 9.91. The standard InChI is InChI=1S/C24H33N3O2/c28-24-13-12-23(25-27(24)20-6-3-7-20)18-8-10-21(11-9-18)29-22-14-16-26(17-15-22)19-4-1-2-5-19/h8-11,19-20,22H,1-7,12-17H2. The third-order valence-electron chi connectivity index (χ3n) is 7.29. The van der Waals surface area contributed by atoms with Crippen molar-refractivity contribution in [3.63, 3.8) is 0 Å². The summed E-state index contributed by atoms with van der Waals surface area (Å²) in [4.78, 5) is 14.9. The lowest BCUT2D eigenvalue weighted by molar-refractivity contribution is -0.135. The number of amides is 1. The molecule has 5 heteroatoms. The van der Waals surface area contributed by atoms with Crippen LogP contribution in [0.5, 0.6) is 5.75 Å². The molecule has 4 aliphatic rings. The van der Waals surface area contributed by atoms with Crippen molar-refractivity contribution in [3.05, 3.63) is 29.8 Å². The normalized spacial score (nSPS) is 25.2. The maximum atomic E-state index is 12.2. The average molecular weight is 396 g/mol. The van der Waals surface area contributed by atoms with E-state index >= 15 is 0 Å². The van der Waals surface area contributed by atoms with E-state index in [0.717, 1.165) is 55.2 Å². The van der Waals surface area contributed by atoms with E-state index in [2.05, 4.69) is 29.2 Å². The van der Waals surface area contributed by atoms with Crippen LogP contribution in [0, 0.1) is 0 Å². The van der Waals surface area contributed by atoms with E-state index in [1.165, 1.54) is 45.2 Å². The number of nitrogens with zero attached hydrogens (tertiary/aromatic N) is 3. The molecule has 29 heavy (non-hydrogen) atoms. The second kappa shape index (κ2) is 8.47. The van der Waals surface area contributed by atoms with Gasteiger partial charge in [0, 0.05) is 32.0 Å². The van der Waals surface area contributed by atoms with Crippen molar-refractivity contribution < 1.29 is 9.53 Å². The van der Waals surface area contributed by atoms with E-state index in [1.54, 1.807) is 5.01 Å². The van der Waals surface area contributed by atoms with Crippen LogP contribution in [0.4, 0.5) is 0 Å². The molecule has 156 valence electrons. The van der Waals surface area contributed by atoms with Crippen LogP contribution in [-0.2, 0) is 4.79 Å². The Hall–Kier alpha value is -1.88. The Morgan fingerprint density at radius 1 is 0.828 bits per heavy atom. The fraction of sp³-hybridized carbons (Fsp3) is 0.667. The summed E-state index contributed by atoms with van der Waals surface area (Å²) in [5.41, 5.74) is 2.15. The molecule has 5 rings (SSSR count). The Morgan fingerprint density at radius 2 is 1.52 bits per heavy atom. The molecular formula is C24H33N3O2. The van der Waals surface area contributed by atoms with Crippen molar-refractivity contribution in [1.82, 2.24) is 9.91 Å². The highest BCUT2D eigenvalue weighted by Gasteiger charge is 2.32. The molecule has 0 unspecified atom stereocenters. The van der Waals surface area contributed by atoms with Crippen LogP contribution in [0.25, 0.3) is 0 Å². The van der Waals surface area contributed by atoms with Crippen LogP contribution in [-0.4, -0.2) is 52.8 Å². The molecule has 1 saturated heterocycles. The number of carbonyl (C=O) groups excluding carboxylic acids is 1. The summed E-state index contributed by atoms with van der Waals surface area (Å²) < 4.78 is 6.28. The lowest BCUT2D eigenvalue weighted by Crippen LogP contribution is -2.43. The Kier molecular flexibility index (Phi) is 5.58. The fourth-order valence-electron chi connectivity index (χ4n) is 5.24. The molecule has 1 aromatic carbocycles. The molecule has 2 aliphatic carbocycles. The predicted octanol–water partition coefficient (Wildman–Crippen LogP) is 4.35. The van der Waals surface area contributed by atoms with Crippen LogP contribution >= 0.6 is 0 Å². The van der Waals surface area contributed by atoms with Crippen LogP contribution in [0.3, 0.4) is 0 Å². The second-order valence-electron chi connectivity index (χ2n) is 9.19. The molecule has 0 atom stereocenters. The van der Waals surface area contributed by atoms with Crippen LogP contribution in [0.15, 0.2) is 29.4 Å². The summed E-state index contributed by atoms with van der Waals surface area (Å²) in [6.07, 6.45) is 12.9. The average Bonchev–Trinajstić information content (AvgIpc) is 3.24. The van der Waals surface area contributed by atoms with E-state index in [0.29, 0.717) is 18.6 Å². The van der Waals surface area contributed by atoms with Crippen LogP contribution in [0.2, 0.25) is 0 Å². The number of hydrogen-bond donors (Lipinski definition) is 0. The summed E-state index contributed by atoms with van der Waals surface area (Å²) in [5, 5.41) is 6.46. The van der Waals surface area contributed by atoms with Gasteiger partial charge in [0.25, 0.3) is 0 Å². The summed E-state index contributed by atoms with van der Waals surface area (Å²) in [7, 11) is 0. The molecule has 0 aromatic heterocycles. The van der Waals surface area contributed by atoms with Gasteiger partial charge >= 0.3 is 0 Å². The number of piperidine rings is 1. The number of hydrazone groups is 1. The molecular weight excluding hydrogens is 362 g/mol. The van der Waals surface area contributed by atoms with Gasteiger partial charge in [-0.15, -0.1) is 0 Å². The third kappa shape index (κ3) is 4.20. The number of carbonyl (C=O) groups is 1. The van der Waals surface area contributed by atoms with Gasteiger partial charge in [-0.25, -0.2) is 5.01 Å². The monoisotopic (exact) mass is 395 g/mol. The summed E-state index contributed by atoms with van der Waals surface area (Å²) in [6, 6.07) is 9.53. The van der Waals surface area contributed by atoms with E-state index in [-0.39, 0.29) is 5.91 Å². The van der Waals surface area contributed by atoms with Crippen LogP contribution in [0.1, 0.15) is 76.2 Å². The molecule has 2 saturated carbocycles. The lowest BCUT2D eigenvalue weighted by Gasteiger charge is -2.36. The first kappa shape index (κ1) is 19.1. The van der Waals surface area contributed by atoms with Crippen molar-refractivity contribution in [1.29, 1.82) is 0 Å². The van der Waals surface area contributed by atoms with Crippen molar-refractivity contribution in [2.24, 2.45) is 5.10 Å². The Labute approximate surface area is 174 Å². The van der Waals surface area contributed by atoms with Gasteiger partial charge in [0.1, 0.15) is 11.9 Å². The second-order valence-corrected chi connectivity index (χ2v) is 9.19. The first-order chi connectivity index (χ1) is 14.3. The highest BCUT2D eigenvalue weighted by Crippen LogP contribution is 2.30. The van der Waals surface area contributed by atoms with Crippen molar-refractivity contribution in [2.75, 3.05) is 13.1 Å². The van der Waals surface area contributed by atoms with Crippen molar-refractivity contribution in [3.8, 4) is 5.75 Å². The highest BCUT2D eigenvalue weighted by molar-refractivity contribution is 6.04. The zero-order chi connectivity index (χ0) is 19.6. The zero-order valence-corrected chi connectivity index (χ0v) is 17.4. The summed E-state index contributed by atoms with van der Waals surface area (Å²) in [5.74, 6) is 1.14. The molecule has 5 nitrogen and oxygen atoms in total. The van der Waals surface area contributed by atoms with Gasteiger partial charge in [-0.2, -0.15) is 5.10 Å². The predicted molar refractivity (Wildman–Crippen MR) is 114 cm³/mol. The highest BCUT2D eigenvalue weighted by atomic mass is 16.5. The minimum absolute atomic E-state index is 0.183. The van der Waals surface area contributed by atoms with Gasteiger partial charge in [0.15, 0.2) is 0 Å². The number of benzene rings is 1. The van der Waals surface area contributed by atoms with Gasteiger partial charge in [-0.3, -0.25) is 4.79 Å². The molecule has 0 bridgehead atoms. The molecule has 1 aromatic rings. The van der Waals surface area contributed by atoms with E-state index in [4.69, 9.17) is 9.84 Å². The molecule has 0 radical (unpaired) electrons. The number of rotatable bonds is 5. The maximum absolute atomic E-state index is 12.2. The molecule has 1 amide bonds. The van der Waals surface area contributed by atoms with Gasteiger partial charge in [0.2, 0.25) is 5.91 Å². The zero-order valence-electron chi connectivity index (χ0n) is 17.4. The summed E-state index contributed by atoms with van der Waals surface area (Å²) in [6.45, 7) is 2.35. The van der Waals surface area contributed by atoms with Crippen molar-refractivity contribution in [2.45, 2.75) is 88.8 Å². The largest absolute Gasteiger partial charge is 0.490 e. The first-order valence-corrected chi connectivity index (χ1v) is 11.7. The third-order valence-corrected chi connectivity index (χ3v) is 7.29. The van der Waals surface area contributed by atoms with Gasteiger partial charge < -0.3 is 9.64 Å². The Bertz CT molecular complexity index is 742. The van der Waals surface area contributed by atoms with Crippen molar-refractivity contribution >= 4 is 11.6 Å². The number of hydrogen-bond acceptors (Lipinski definition) is 4. The van der Waals surface area contributed by atoms with Crippen LogP contribution < -0.4 is 4.74 Å². The molecule has 0 N–H and O–H groups in total. The van der Waals surface area contributed by atoms with E-state index in [9.17, 15) is 4.79 Å². The SMILES string of the molecule is O=C1CCC(c2ccc(OC3CCN(C4CCCC4)CC3)cc2)=NN1C1CCC1. The number of ether oxygens (including phenoxy) is 1. The molecule has 2 heterocycles. The quantitative estimate of drug-likeness (QED) is 0.744. The summed E-state index contributed by atoms with van der Waals surface area (Å²) >= 11 is 0. The minimum Gasteiger partial charge on any atom is -0.490 e. The molecule has 0 spiro atoms. The van der Waals surface area contributed by atoms with Gasteiger partial charge in [-0.1, -0.05) is 12.8 Å².